The number of nitrogens with zero attached hydrogens (tertiary/aromatic N) is 1. The van der Waals surface area contributed by atoms with Gasteiger partial charge in [0.15, 0.2) is 0 Å². The Morgan fingerprint density at radius 1 is 0.556 bits per heavy atom. The van der Waals surface area contributed by atoms with E-state index in [0.717, 1.165) is 6.54 Å². The number of unbranched alkanes of at least 4 members (excludes halogenated alkanes) is 10. The van der Waals surface area contributed by atoms with Crippen LogP contribution in [0.5, 0.6) is 0 Å². The van der Waals surface area contributed by atoms with Crippen LogP contribution in [-0.4, -0.2) is 34.1 Å². The topological polar surface area (TPSA) is 43.7 Å². The normalized spacial score (nSPS) is 15.2. The van der Waals surface area contributed by atoms with E-state index in [1.807, 2.05) is 18.7 Å². The van der Waals surface area contributed by atoms with Gasteiger partial charge in [-0.3, -0.25) is 4.90 Å². The minimum atomic E-state index is -0.517. The summed E-state index contributed by atoms with van der Waals surface area (Å²) in [5.74, 6) is 0.602. The smallest absolute Gasteiger partial charge is 0.109 e. The quantitative estimate of drug-likeness (QED) is 0.178. The van der Waals surface area contributed by atoms with E-state index in [4.69, 9.17) is 0 Å². The molecule has 0 amide bonds. The first-order valence-electron chi connectivity index (χ1n) is 12.2. The molecule has 0 fully saturated rings. The fourth-order valence-corrected chi connectivity index (χ4v) is 3.96. The van der Waals surface area contributed by atoms with Crippen LogP contribution >= 0.6 is 0 Å². The summed E-state index contributed by atoms with van der Waals surface area (Å²) in [5, 5.41) is 20.7. The van der Waals surface area contributed by atoms with E-state index in [1.54, 1.807) is 0 Å². The van der Waals surface area contributed by atoms with Crippen LogP contribution in [0.1, 0.15) is 130 Å². The first kappa shape index (κ1) is 26.9. The number of aliphatic hydroxyl groups excluding tert-OH is 2. The van der Waals surface area contributed by atoms with Gasteiger partial charge in [-0.25, -0.2) is 0 Å². The second kappa shape index (κ2) is 19.2. The molecule has 0 rings (SSSR count). The summed E-state index contributed by atoms with van der Waals surface area (Å²) >= 11 is 0. The fraction of sp³-hybridized carbons (Fsp3) is 1.00. The third-order valence-electron chi connectivity index (χ3n) is 5.90. The van der Waals surface area contributed by atoms with E-state index < -0.39 is 12.5 Å². The summed E-state index contributed by atoms with van der Waals surface area (Å²) in [6.45, 7) is 9.37. The molecule has 0 aromatic rings. The van der Waals surface area contributed by atoms with Gasteiger partial charge in [-0.05, 0) is 31.6 Å². The zero-order valence-corrected chi connectivity index (χ0v) is 19.1. The standard InChI is InChI=1S/C24H51NO2/c1-5-9-11-13-14-16-18-20-22(19-17-15-12-10-6-2)21-25(23(26)7-3)24(27)8-4/h22-24,26-27H,5-21H2,1-4H3. The van der Waals surface area contributed by atoms with E-state index in [-0.39, 0.29) is 0 Å². The lowest BCUT2D eigenvalue weighted by Gasteiger charge is -2.34. The van der Waals surface area contributed by atoms with Crippen LogP contribution in [-0.2, 0) is 0 Å². The summed E-state index contributed by atoms with van der Waals surface area (Å²) in [6, 6.07) is 0. The summed E-state index contributed by atoms with van der Waals surface area (Å²) in [7, 11) is 0. The molecule has 3 unspecified atom stereocenters. The van der Waals surface area contributed by atoms with Crippen molar-refractivity contribution < 1.29 is 10.2 Å². The van der Waals surface area contributed by atoms with Gasteiger partial charge in [0, 0.05) is 6.54 Å². The Morgan fingerprint density at radius 3 is 1.30 bits per heavy atom. The lowest BCUT2D eigenvalue weighted by molar-refractivity contribution is -0.111. The number of aliphatic hydroxyl groups is 2. The molecule has 2 N–H and O–H groups in total. The predicted molar refractivity (Wildman–Crippen MR) is 119 cm³/mol. The molecular formula is C24H51NO2. The first-order chi connectivity index (χ1) is 13.1. The maximum atomic E-state index is 10.4. The van der Waals surface area contributed by atoms with E-state index in [9.17, 15) is 10.2 Å². The highest BCUT2D eigenvalue weighted by Gasteiger charge is 2.24. The molecule has 3 atom stereocenters. The van der Waals surface area contributed by atoms with Gasteiger partial charge in [0.25, 0.3) is 0 Å². The highest BCUT2D eigenvalue weighted by atomic mass is 16.3. The Hall–Kier alpha value is -0.120. The van der Waals surface area contributed by atoms with Gasteiger partial charge in [0.1, 0.15) is 12.5 Å². The van der Waals surface area contributed by atoms with Crippen LogP contribution in [0.15, 0.2) is 0 Å². The maximum absolute atomic E-state index is 10.4. The summed E-state index contributed by atoms with van der Waals surface area (Å²) in [5.41, 5.74) is 0. The van der Waals surface area contributed by atoms with Crippen molar-refractivity contribution in [1.29, 1.82) is 0 Å². The zero-order chi connectivity index (χ0) is 20.3. The molecule has 0 aliphatic carbocycles. The molecule has 0 bridgehead atoms. The highest BCUT2D eigenvalue weighted by Crippen LogP contribution is 2.23. The van der Waals surface area contributed by atoms with Gasteiger partial charge in [-0.15, -0.1) is 0 Å². The number of hydrogen-bond donors (Lipinski definition) is 2. The third kappa shape index (κ3) is 14.5. The first-order valence-corrected chi connectivity index (χ1v) is 12.2. The molecular weight excluding hydrogens is 334 g/mol. The molecule has 3 heteroatoms. The molecule has 0 saturated heterocycles. The van der Waals surface area contributed by atoms with Crippen molar-refractivity contribution in [2.75, 3.05) is 6.54 Å². The Kier molecular flexibility index (Phi) is 19.1. The van der Waals surface area contributed by atoms with Crippen LogP contribution in [0.3, 0.4) is 0 Å². The molecule has 0 aromatic heterocycles. The molecule has 0 aliphatic rings. The van der Waals surface area contributed by atoms with Gasteiger partial charge in [-0.2, -0.15) is 0 Å². The number of rotatable bonds is 20. The minimum Gasteiger partial charge on any atom is -0.378 e. The molecule has 3 nitrogen and oxygen atoms in total. The number of hydrogen-bond acceptors (Lipinski definition) is 3. The molecule has 0 heterocycles. The van der Waals surface area contributed by atoms with Crippen molar-refractivity contribution in [3.05, 3.63) is 0 Å². The average molecular weight is 386 g/mol. The summed E-state index contributed by atoms with van der Waals surface area (Å²) < 4.78 is 0. The van der Waals surface area contributed by atoms with Crippen molar-refractivity contribution >= 4 is 0 Å². The lowest BCUT2D eigenvalue weighted by Crippen LogP contribution is -2.45. The van der Waals surface area contributed by atoms with Gasteiger partial charge in [0.2, 0.25) is 0 Å². The van der Waals surface area contributed by atoms with E-state index >= 15 is 0 Å². The van der Waals surface area contributed by atoms with Crippen LogP contribution < -0.4 is 0 Å². The van der Waals surface area contributed by atoms with Crippen LogP contribution in [0.2, 0.25) is 0 Å². The average Bonchev–Trinajstić information content (AvgIpc) is 2.69. The van der Waals surface area contributed by atoms with Crippen molar-refractivity contribution in [2.45, 2.75) is 143 Å². The second-order valence-corrected chi connectivity index (χ2v) is 8.45. The monoisotopic (exact) mass is 385 g/mol. The Bertz CT molecular complexity index is 288. The molecule has 0 radical (unpaired) electrons. The van der Waals surface area contributed by atoms with Crippen molar-refractivity contribution in [3.63, 3.8) is 0 Å². The van der Waals surface area contributed by atoms with Crippen molar-refractivity contribution in [3.8, 4) is 0 Å². The van der Waals surface area contributed by atoms with E-state index in [2.05, 4.69) is 13.8 Å². The molecule has 0 spiro atoms. The van der Waals surface area contributed by atoms with E-state index in [0.29, 0.717) is 18.8 Å². The molecule has 0 saturated carbocycles. The largest absolute Gasteiger partial charge is 0.378 e. The van der Waals surface area contributed by atoms with Gasteiger partial charge in [-0.1, -0.05) is 105 Å². The molecule has 0 aromatic carbocycles. The Balaban J connectivity index is 4.42. The molecule has 0 aliphatic heterocycles. The van der Waals surface area contributed by atoms with Crippen LogP contribution in [0.4, 0.5) is 0 Å². The second-order valence-electron chi connectivity index (χ2n) is 8.45. The Morgan fingerprint density at radius 2 is 0.926 bits per heavy atom. The summed E-state index contributed by atoms with van der Waals surface area (Å²) in [6.07, 6.45) is 18.9. The predicted octanol–water partition coefficient (Wildman–Crippen LogP) is 6.86. The molecule has 164 valence electrons. The fourth-order valence-electron chi connectivity index (χ4n) is 3.96. The minimum absolute atomic E-state index is 0.517. The third-order valence-corrected chi connectivity index (χ3v) is 5.90. The van der Waals surface area contributed by atoms with E-state index in [1.165, 1.54) is 89.9 Å². The Labute approximate surface area is 170 Å². The zero-order valence-electron chi connectivity index (χ0n) is 19.1. The SMILES string of the molecule is CCCCCCCCCC(CCCCCCC)CN(C(O)CC)C(O)CC. The van der Waals surface area contributed by atoms with Crippen LogP contribution in [0.25, 0.3) is 0 Å². The maximum Gasteiger partial charge on any atom is 0.109 e. The van der Waals surface area contributed by atoms with Gasteiger partial charge >= 0.3 is 0 Å². The summed E-state index contributed by atoms with van der Waals surface area (Å²) in [4.78, 5) is 1.94. The highest BCUT2D eigenvalue weighted by molar-refractivity contribution is 4.71. The molecule has 27 heavy (non-hydrogen) atoms. The van der Waals surface area contributed by atoms with Crippen molar-refractivity contribution in [2.24, 2.45) is 5.92 Å². The van der Waals surface area contributed by atoms with Crippen molar-refractivity contribution in [1.82, 2.24) is 4.90 Å². The van der Waals surface area contributed by atoms with Gasteiger partial charge in [0.05, 0.1) is 0 Å². The van der Waals surface area contributed by atoms with Gasteiger partial charge < -0.3 is 10.2 Å². The lowest BCUT2D eigenvalue weighted by atomic mass is 9.93. The van der Waals surface area contributed by atoms with Crippen LogP contribution in [0, 0.1) is 5.92 Å².